The van der Waals surface area contributed by atoms with Gasteiger partial charge in [0.15, 0.2) is 0 Å². The van der Waals surface area contributed by atoms with Crippen molar-refractivity contribution < 1.29 is 18.0 Å². The molecule has 3 aromatic rings. The number of benzene rings is 1. The molecule has 29 heavy (non-hydrogen) atoms. The average Bonchev–Trinajstić information content (AvgIpc) is 3.03. The molecule has 6 nitrogen and oxygen atoms in total. The predicted octanol–water partition coefficient (Wildman–Crippen LogP) is 4.49. The van der Waals surface area contributed by atoms with Crippen molar-refractivity contribution >= 4 is 34.9 Å². The molecule has 0 saturated heterocycles. The van der Waals surface area contributed by atoms with E-state index in [4.69, 9.17) is 23.2 Å². The fourth-order valence-electron chi connectivity index (χ4n) is 2.97. The summed E-state index contributed by atoms with van der Waals surface area (Å²) in [5.74, 6) is -1.79. The molecule has 1 amide bonds. The third-order valence-electron chi connectivity index (χ3n) is 4.45. The molecule has 1 aromatic carbocycles. The largest absolute Gasteiger partial charge is 0.453 e. The Morgan fingerprint density at radius 1 is 1.24 bits per heavy atom. The molecule has 0 aliphatic heterocycles. The van der Waals surface area contributed by atoms with E-state index in [1.807, 2.05) is 0 Å². The Balaban J connectivity index is 1.84. The number of alkyl halides is 3. The highest BCUT2D eigenvalue weighted by atomic mass is 35.5. The van der Waals surface area contributed by atoms with E-state index in [1.165, 1.54) is 0 Å². The minimum absolute atomic E-state index is 0.0859. The van der Waals surface area contributed by atoms with Gasteiger partial charge in [0.1, 0.15) is 0 Å². The minimum atomic E-state index is -4.68. The number of halogens is 5. The number of carbonyl (C=O) groups excluding carboxylic acids is 1. The van der Waals surface area contributed by atoms with Crippen LogP contribution < -0.4 is 5.32 Å². The van der Waals surface area contributed by atoms with Gasteiger partial charge in [-0.25, -0.2) is 9.50 Å². The molecular weight excluding hydrogens is 430 g/mol. The summed E-state index contributed by atoms with van der Waals surface area (Å²) in [4.78, 5) is 20.0. The molecule has 154 valence electrons. The molecule has 0 unspecified atom stereocenters. The Kier molecular flexibility index (Phi) is 5.73. The highest BCUT2D eigenvalue weighted by molar-refractivity contribution is 6.35. The molecule has 3 rings (SSSR count). The van der Waals surface area contributed by atoms with E-state index in [-0.39, 0.29) is 18.1 Å². The monoisotopic (exact) mass is 445 g/mol. The first-order chi connectivity index (χ1) is 13.5. The van der Waals surface area contributed by atoms with Crippen LogP contribution in [-0.2, 0) is 17.4 Å². The Labute approximate surface area is 174 Å². The number of hydrogen-bond donors (Lipinski definition) is 1. The zero-order valence-corrected chi connectivity index (χ0v) is 17.1. The molecule has 0 aliphatic carbocycles. The molecular formula is C18H16Cl2F3N5O. The minimum Gasteiger partial charge on any atom is -0.349 e. The number of hydrogen-bond acceptors (Lipinski definition) is 4. The third-order valence-corrected chi connectivity index (χ3v) is 5.01. The predicted molar refractivity (Wildman–Crippen MR) is 102 cm³/mol. The van der Waals surface area contributed by atoms with Crippen LogP contribution in [0.2, 0.25) is 10.0 Å². The quantitative estimate of drug-likeness (QED) is 0.642. The lowest BCUT2D eigenvalue weighted by atomic mass is 10.1. The zero-order chi connectivity index (χ0) is 21.5. The Hall–Kier alpha value is -2.39. The second-order valence-corrected chi connectivity index (χ2v) is 7.38. The van der Waals surface area contributed by atoms with Gasteiger partial charge in [-0.3, -0.25) is 4.79 Å². The third kappa shape index (κ3) is 4.45. The Morgan fingerprint density at radius 3 is 2.55 bits per heavy atom. The van der Waals surface area contributed by atoms with E-state index in [0.29, 0.717) is 32.6 Å². The van der Waals surface area contributed by atoms with Crippen molar-refractivity contribution in [1.29, 1.82) is 0 Å². The van der Waals surface area contributed by atoms with Gasteiger partial charge in [0, 0.05) is 27.0 Å². The summed E-state index contributed by atoms with van der Waals surface area (Å²) in [6.45, 7) is 4.94. The van der Waals surface area contributed by atoms with Crippen LogP contribution in [-0.4, -0.2) is 25.5 Å². The summed E-state index contributed by atoms with van der Waals surface area (Å²) in [6.07, 6.45) is -4.77. The van der Waals surface area contributed by atoms with Crippen LogP contribution in [0.5, 0.6) is 0 Å². The maximum Gasteiger partial charge on any atom is 0.453 e. The lowest BCUT2D eigenvalue weighted by molar-refractivity contribution is -0.144. The van der Waals surface area contributed by atoms with Crippen molar-refractivity contribution in [2.45, 2.75) is 39.4 Å². The van der Waals surface area contributed by atoms with Crippen LogP contribution in [0.3, 0.4) is 0 Å². The van der Waals surface area contributed by atoms with Gasteiger partial charge >= 0.3 is 6.18 Å². The number of amides is 1. The SMILES string of the molecule is Cc1nc2nc(C(F)(F)F)nn2c(C)c1CC(=O)N[C@@H](C)c1ccc(Cl)cc1Cl. The number of nitrogens with zero attached hydrogens (tertiary/aromatic N) is 4. The standard InChI is InChI=1S/C18H16Cl2F3N5O/c1-8(12-5-4-11(19)6-14(12)20)24-15(29)7-13-9(2)25-17-26-16(18(21,22)23)27-28(17)10(13)3/h4-6,8H,7H2,1-3H3,(H,24,29)/t8-/m0/s1. The maximum atomic E-state index is 12.9. The van der Waals surface area contributed by atoms with Gasteiger partial charge in [-0.15, -0.1) is 5.10 Å². The van der Waals surface area contributed by atoms with Crippen molar-refractivity contribution in [2.75, 3.05) is 0 Å². The molecule has 2 aromatic heterocycles. The van der Waals surface area contributed by atoms with E-state index in [9.17, 15) is 18.0 Å². The molecule has 1 N–H and O–H groups in total. The van der Waals surface area contributed by atoms with Crippen molar-refractivity contribution in [3.8, 4) is 0 Å². The molecule has 0 spiro atoms. The molecule has 0 radical (unpaired) electrons. The van der Waals surface area contributed by atoms with Crippen molar-refractivity contribution in [1.82, 2.24) is 24.9 Å². The molecule has 0 saturated carbocycles. The molecule has 1 atom stereocenters. The summed E-state index contributed by atoms with van der Waals surface area (Å²) >= 11 is 12.1. The fourth-order valence-corrected chi connectivity index (χ4v) is 3.54. The molecule has 2 heterocycles. The van der Waals surface area contributed by atoms with Crippen molar-refractivity contribution in [3.63, 3.8) is 0 Å². The lowest BCUT2D eigenvalue weighted by Crippen LogP contribution is -2.29. The second-order valence-electron chi connectivity index (χ2n) is 6.54. The van der Waals surface area contributed by atoms with E-state index < -0.39 is 18.0 Å². The highest BCUT2D eigenvalue weighted by Crippen LogP contribution is 2.28. The first-order valence-electron chi connectivity index (χ1n) is 8.51. The van der Waals surface area contributed by atoms with Gasteiger partial charge in [0.05, 0.1) is 12.5 Å². The van der Waals surface area contributed by atoms with Gasteiger partial charge in [-0.05, 0) is 38.5 Å². The van der Waals surface area contributed by atoms with Crippen LogP contribution >= 0.6 is 23.2 Å². The van der Waals surface area contributed by atoms with Crippen LogP contribution in [0.4, 0.5) is 13.2 Å². The number of rotatable bonds is 4. The van der Waals surface area contributed by atoms with E-state index >= 15 is 0 Å². The number of carbonyl (C=O) groups is 1. The summed E-state index contributed by atoms with van der Waals surface area (Å²) in [5, 5.41) is 7.19. The maximum absolute atomic E-state index is 12.9. The lowest BCUT2D eigenvalue weighted by Gasteiger charge is -2.17. The van der Waals surface area contributed by atoms with Gasteiger partial charge < -0.3 is 5.32 Å². The van der Waals surface area contributed by atoms with Crippen LogP contribution in [0.25, 0.3) is 5.78 Å². The smallest absolute Gasteiger partial charge is 0.349 e. The molecule has 0 fully saturated rings. The van der Waals surface area contributed by atoms with Crippen LogP contribution in [0.15, 0.2) is 18.2 Å². The van der Waals surface area contributed by atoms with E-state index in [2.05, 4.69) is 20.4 Å². The number of nitrogens with one attached hydrogen (secondary N) is 1. The molecule has 11 heteroatoms. The number of aryl methyl sites for hydroxylation is 2. The zero-order valence-electron chi connectivity index (χ0n) is 15.6. The van der Waals surface area contributed by atoms with Crippen molar-refractivity contribution in [2.24, 2.45) is 0 Å². The van der Waals surface area contributed by atoms with Gasteiger partial charge in [-0.2, -0.15) is 18.2 Å². The summed E-state index contributed by atoms with van der Waals surface area (Å²) in [6, 6.07) is 4.57. The van der Waals surface area contributed by atoms with Gasteiger partial charge in [-0.1, -0.05) is 29.3 Å². The van der Waals surface area contributed by atoms with E-state index in [0.717, 1.165) is 4.52 Å². The van der Waals surface area contributed by atoms with Crippen LogP contribution in [0.1, 0.15) is 41.3 Å². The summed E-state index contributed by atoms with van der Waals surface area (Å²) < 4.78 is 39.6. The molecule has 0 aliphatic rings. The van der Waals surface area contributed by atoms with Crippen LogP contribution in [0, 0.1) is 13.8 Å². The van der Waals surface area contributed by atoms with Gasteiger partial charge in [0.2, 0.25) is 5.91 Å². The van der Waals surface area contributed by atoms with Gasteiger partial charge in [0.25, 0.3) is 11.6 Å². The Bertz CT molecular complexity index is 1100. The topological polar surface area (TPSA) is 72.2 Å². The normalized spacial score (nSPS) is 13.0. The first kappa shape index (κ1) is 21.3. The first-order valence-corrected chi connectivity index (χ1v) is 9.27. The summed E-state index contributed by atoms with van der Waals surface area (Å²) in [7, 11) is 0. The Morgan fingerprint density at radius 2 is 1.93 bits per heavy atom. The second kappa shape index (κ2) is 7.79. The number of fused-ring (bicyclic) bond motifs is 1. The van der Waals surface area contributed by atoms with Crippen molar-refractivity contribution in [3.05, 3.63) is 56.6 Å². The van der Waals surface area contributed by atoms with E-state index in [1.54, 1.807) is 39.0 Å². The number of aromatic nitrogens is 4. The average molecular weight is 446 g/mol. The highest BCUT2D eigenvalue weighted by Gasteiger charge is 2.37. The summed E-state index contributed by atoms with van der Waals surface area (Å²) in [5.41, 5.74) is 1.94. The fraction of sp³-hybridized carbons (Fsp3) is 0.333. The molecule has 0 bridgehead atoms.